The third-order valence-corrected chi connectivity index (χ3v) is 3.31. The number of hydrogen-bond acceptors (Lipinski definition) is 4. The Bertz CT molecular complexity index is 669. The molecule has 0 atom stereocenters. The van der Waals surface area contributed by atoms with Crippen molar-refractivity contribution in [3.05, 3.63) is 29.6 Å². The molecule has 0 aliphatic carbocycles. The summed E-state index contributed by atoms with van der Waals surface area (Å²) in [5.74, 6) is -0.531. The van der Waals surface area contributed by atoms with Gasteiger partial charge in [-0.05, 0) is 59.2 Å². The molecule has 7 nitrogen and oxygen atoms in total. The third-order valence-electron chi connectivity index (χ3n) is 3.31. The Morgan fingerprint density at radius 3 is 2.44 bits per heavy atom. The van der Waals surface area contributed by atoms with Crippen molar-refractivity contribution in [3.63, 3.8) is 0 Å². The van der Waals surface area contributed by atoms with Crippen molar-refractivity contribution in [2.24, 2.45) is 4.99 Å². The molecule has 0 aromatic heterocycles. The minimum atomic E-state index is -0.677. The average Bonchev–Trinajstić information content (AvgIpc) is 2.51. The number of carbonyl (C=O) groups is 1. The molecule has 0 spiro atoms. The van der Waals surface area contributed by atoms with Gasteiger partial charge in [0.1, 0.15) is 5.60 Å². The van der Waals surface area contributed by atoms with E-state index in [0.29, 0.717) is 24.6 Å². The molecule has 0 unspecified atom stereocenters. The van der Waals surface area contributed by atoms with Gasteiger partial charge in [0.2, 0.25) is 0 Å². The van der Waals surface area contributed by atoms with Crippen LogP contribution in [0.2, 0.25) is 0 Å². The number of guanidine groups is 1. The van der Waals surface area contributed by atoms with E-state index in [-0.39, 0.29) is 12.3 Å². The van der Waals surface area contributed by atoms with Crippen LogP contribution in [0.4, 0.5) is 9.18 Å². The van der Waals surface area contributed by atoms with E-state index in [1.165, 1.54) is 12.1 Å². The van der Waals surface area contributed by atoms with Gasteiger partial charge in [-0.2, -0.15) is 0 Å². The third kappa shape index (κ3) is 9.12. The number of phenolic OH excluding ortho intramolecular Hbond substituents is 1. The number of hydrogen-bond donors (Lipinski definition) is 4. The van der Waals surface area contributed by atoms with E-state index in [1.54, 1.807) is 26.8 Å². The second-order valence-corrected chi connectivity index (χ2v) is 7.85. The van der Waals surface area contributed by atoms with E-state index in [2.05, 4.69) is 20.9 Å². The molecule has 0 fully saturated rings. The largest absolute Gasteiger partial charge is 0.505 e. The maximum absolute atomic E-state index is 13.4. The van der Waals surface area contributed by atoms with E-state index < -0.39 is 23.1 Å². The second kappa shape index (κ2) is 9.43. The molecule has 1 aromatic rings. The number of aliphatic imine (C=N–C) groups is 1. The van der Waals surface area contributed by atoms with Crippen molar-refractivity contribution in [3.8, 4) is 5.75 Å². The molecule has 4 N–H and O–H groups in total. The summed E-state index contributed by atoms with van der Waals surface area (Å²) >= 11 is 0. The summed E-state index contributed by atoms with van der Waals surface area (Å²) in [7, 11) is 0. The number of alkyl carbamates (subject to hydrolysis) is 1. The van der Waals surface area contributed by atoms with Gasteiger partial charge >= 0.3 is 6.09 Å². The molecule has 0 saturated carbocycles. The number of amides is 1. The maximum atomic E-state index is 13.4. The minimum Gasteiger partial charge on any atom is -0.505 e. The first-order valence-corrected chi connectivity index (χ1v) is 8.92. The molecule has 0 radical (unpaired) electrons. The van der Waals surface area contributed by atoms with Gasteiger partial charge in [0.15, 0.2) is 17.5 Å². The van der Waals surface area contributed by atoms with Crippen LogP contribution in [-0.4, -0.2) is 41.4 Å². The van der Waals surface area contributed by atoms with Crippen LogP contribution < -0.4 is 16.0 Å². The topological polar surface area (TPSA) is 95.0 Å². The number of benzene rings is 1. The van der Waals surface area contributed by atoms with E-state index in [1.807, 2.05) is 20.8 Å². The summed E-state index contributed by atoms with van der Waals surface area (Å²) in [6.07, 6.45) is -0.490. The standard InChI is InChI=1S/C19H31FN4O3/c1-7-21-16(22-11-13-8-9-15(25)14(20)10-13)23-12-19(5,6)24-17(26)27-18(2,3)4/h8-10,25H,7,11-12H2,1-6H3,(H,24,26)(H2,21,22,23). The highest BCUT2D eigenvalue weighted by molar-refractivity contribution is 5.80. The van der Waals surface area contributed by atoms with Crippen LogP contribution in [0.3, 0.4) is 0 Å². The zero-order valence-electron chi connectivity index (χ0n) is 16.9. The van der Waals surface area contributed by atoms with Crippen molar-refractivity contribution in [1.82, 2.24) is 16.0 Å². The number of carbonyl (C=O) groups excluding carboxylic acids is 1. The van der Waals surface area contributed by atoms with Crippen molar-refractivity contribution in [2.75, 3.05) is 13.1 Å². The first-order chi connectivity index (χ1) is 12.4. The fraction of sp³-hybridized carbons (Fsp3) is 0.579. The molecule has 0 aliphatic heterocycles. The highest BCUT2D eigenvalue weighted by Crippen LogP contribution is 2.16. The second-order valence-electron chi connectivity index (χ2n) is 7.85. The fourth-order valence-corrected chi connectivity index (χ4v) is 2.09. The fourth-order valence-electron chi connectivity index (χ4n) is 2.09. The Morgan fingerprint density at radius 1 is 1.22 bits per heavy atom. The normalized spacial score (nSPS) is 12.5. The lowest BCUT2D eigenvalue weighted by molar-refractivity contribution is 0.0474. The van der Waals surface area contributed by atoms with Gasteiger partial charge in [-0.1, -0.05) is 6.07 Å². The SMILES string of the molecule is CCNC(=NCc1ccc(O)c(F)c1)NCC(C)(C)NC(=O)OC(C)(C)C. The molecule has 0 bridgehead atoms. The van der Waals surface area contributed by atoms with Crippen molar-refractivity contribution >= 4 is 12.1 Å². The monoisotopic (exact) mass is 382 g/mol. The molecule has 152 valence electrons. The summed E-state index contributed by atoms with van der Waals surface area (Å²) in [6.45, 7) is 12.4. The number of aromatic hydroxyl groups is 1. The van der Waals surface area contributed by atoms with Gasteiger partial charge in [0.05, 0.1) is 12.1 Å². The summed E-state index contributed by atoms with van der Waals surface area (Å²) in [5, 5.41) is 18.3. The molecule has 0 aliphatic rings. The molecule has 1 rings (SSSR count). The number of nitrogens with one attached hydrogen (secondary N) is 3. The summed E-state index contributed by atoms with van der Waals surface area (Å²) in [5.41, 5.74) is -0.513. The Balaban J connectivity index is 2.67. The quantitative estimate of drug-likeness (QED) is 0.448. The molecule has 8 heteroatoms. The lowest BCUT2D eigenvalue weighted by Crippen LogP contribution is -2.54. The van der Waals surface area contributed by atoms with Crippen molar-refractivity contribution in [2.45, 2.75) is 59.2 Å². The molecule has 0 saturated heterocycles. The van der Waals surface area contributed by atoms with Crippen LogP contribution in [0.1, 0.15) is 47.1 Å². The summed E-state index contributed by atoms with van der Waals surface area (Å²) in [4.78, 5) is 16.4. The molecule has 1 amide bonds. The number of ether oxygens (including phenoxy) is 1. The predicted octanol–water partition coefficient (Wildman–Crippen LogP) is 2.89. The zero-order valence-corrected chi connectivity index (χ0v) is 16.9. The smallest absolute Gasteiger partial charge is 0.408 e. The predicted molar refractivity (Wildman–Crippen MR) is 104 cm³/mol. The van der Waals surface area contributed by atoms with Gasteiger partial charge < -0.3 is 25.8 Å². The zero-order chi connectivity index (χ0) is 20.7. The van der Waals surface area contributed by atoms with E-state index in [4.69, 9.17) is 4.74 Å². The number of phenols is 1. The van der Waals surface area contributed by atoms with Crippen LogP contribution in [-0.2, 0) is 11.3 Å². The Morgan fingerprint density at radius 2 is 1.89 bits per heavy atom. The van der Waals surface area contributed by atoms with Crippen LogP contribution in [0, 0.1) is 5.82 Å². The van der Waals surface area contributed by atoms with Crippen LogP contribution in [0.15, 0.2) is 23.2 Å². The van der Waals surface area contributed by atoms with Gasteiger partial charge in [-0.3, -0.25) is 0 Å². The Kier molecular flexibility index (Phi) is 7.87. The lowest BCUT2D eigenvalue weighted by Gasteiger charge is -2.29. The molecular formula is C19H31FN4O3. The number of nitrogens with zero attached hydrogens (tertiary/aromatic N) is 1. The minimum absolute atomic E-state index is 0.243. The van der Waals surface area contributed by atoms with Gasteiger partial charge in [-0.25, -0.2) is 14.2 Å². The molecule has 0 heterocycles. The number of halogens is 1. The first-order valence-electron chi connectivity index (χ1n) is 8.92. The average molecular weight is 382 g/mol. The summed E-state index contributed by atoms with van der Waals surface area (Å²) < 4.78 is 18.7. The summed E-state index contributed by atoms with van der Waals surface area (Å²) in [6, 6.07) is 4.16. The molecule has 27 heavy (non-hydrogen) atoms. The first kappa shape index (κ1) is 22.5. The van der Waals surface area contributed by atoms with Crippen molar-refractivity contribution < 1.29 is 19.0 Å². The highest BCUT2D eigenvalue weighted by Gasteiger charge is 2.24. The highest BCUT2D eigenvalue weighted by atomic mass is 19.1. The van der Waals surface area contributed by atoms with Gasteiger partial charge in [0, 0.05) is 13.1 Å². The van der Waals surface area contributed by atoms with E-state index in [0.717, 1.165) is 0 Å². The Labute approximate surface area is 160 Å². The maximum Gasteiger partial charge on any atom is 0.408 e. The van der Waals surface area contributed by atoms with Gasteiger partial charge in [-0.15, -0.1) is 0 Å². The van der Waals surface area contributed by atoms with Gasteiger partial charge in [0.25, 0.3) is 0 Å². The lowest BCUT2D eigenvalue weighted by atomic mass is 10.1. The van der Waals surface area contributed by atoms with E-state index in [9.17, 15) is 14.3 Å². The number of rotatable bonds is 6. The Hall–Kier alpha value is -2.51. The molecular weight excluding hydrogens is 351 g/mol. The van der Waals surface area contributed by atoms with E-state index >= 15 is 0 Å². The van der Waals surface area contributed by atoms with Crippen LogP contribution in [0.5, 0.6) is 5.75 Å². The van der Waals surface area contributed by atoms with Crippen LogP contribution >= 0.6 is 0 Å². The van der Waals surface area contributed by atoms with Crippen LogP contribution in [0.25, 0.3) is 0 Å². The molecule has 1 aromatic carbocycles. The van der Waals surface area contributed by atoms with Crippen molar-refractivity contribution in [1.29, 1.82) is 0 Å².